The van der Waals surface area contributed by atoms with E-state index < -0.39 is 11.5 Å². The molecule has 6 nitrogen and oxygen atoms in total. The molecule has 0 unspecified atom stereocenters. The van der Waals surface area contributed by atoms with Gasteiger partial charge in [0.1, 0.15) is 0 Å². The Kier molecular flexibility index (Phi) is 5.19. The van der Waals surface area contributed by atoms with Crippen LogP contribution in [0.4, 0.5) is 5.69 Å². The third-order valence-corrected chi connectivity index (χ3v) is 4.81. The van der Waals surface area contributed by atoms with E-state index in [0.717, 1.165) is 6.42 Å². The normalized spacial score (nSPS) is 18.4. The predicted octanol–water partition coefficient (Wildman–Crippen LogP) is 2.92. The van der Waals surface area contributed by atoms with Gasteiger partial charge < -0.3 is 19.5 Å². The number of Topliss-reactive ketones (excluding diaryl/α,β-unsaturated/α-hetero) is 1. The lowest BCUT2D eigenvalue weighted by Gasteiger charge is -2.22. The molecule has 6 heteroatoms. The number of nitrogens with zero attached hydrogens (tertiary/aromatic N) is 1. The number of hydrogen-bond donors (Lipinski definition) is 1. The fraction of sp³-hybridized carbons (Fsp3) is 0.333. The molecule has 27 heavy (non-hydrogen) atoms. The van der Waals surface area contributed by atoms with Gasteiger partial charge >= 0.3 is 0 Å². The van der Waals surface area contributed by atoms with Gasteiger partial charge in [0, 0.05) is 17.7 Å². The van der Waals surface area contributed by atoms with Gasteiger partial charge in [-0.25, -0.2) is 0 Å². The molecule has 1 aliphatic heterocycles. The molecule has 0 aliphatic carbocycles. The van der Waals surface area contributed by atoms with E-state index in [1.807, 2.05) is 13.0 Å². The largest absolute Gasteiger partial charge is 0.493 e. The van der Waals surface area contributed by atoms with Crippen LogP contribution in [0.5, 0.6) is 11.5 Å². The second-order valence-electron chi connectivity index (χ2n) is 6.50. The molecule has 0 saturated carbocycles. The Hall–Kier alpha value is -2.86. The van der Waals surface area contributed by atoms with E-state index in [2.05, 4.69) is 0 Å². The average molecular weight is 369 g/mol. The molecule has 2 aromatic carbocycles. The molecule has 0 fully saturated rings. The zero-order valence-corrected chi connectivity index (χ0v) is 15.7. The second-order valence-corrected chi connectivity index (χ2v) is 6.50. The van der Waals surface area contributed by atoms with E-state index in [1.165, 1.54) is 14.2 Å². The summed E-state index contributed by atoms with van der Waals surface area (Å²) in [6.07, 6.45) is 0.415. The minimum atomic E-state index is -1.87. The van der Waals surface area contributed by atoms with Gasteiger partial charge in [0.15, 0.2) is 22.9 Å². The van der Waals surface area contributed by atoms with Crippen LogP contribution in [-0.4, -0.2) is 37.6 Å². The van der Waals surface area contributed by atoms with Gasteiger partial charge in [0.25, 0.3) is 5.91 Å². The highest BCUT2D eigenvalue weighted by Gasteiger charge is 2.50. The topological polar surface area (TPSA) is 76.1 Å². The third kappa shape index (κ3) is 3.17. The first-order valence-electron chi connectivity index (χ1n) is 8.85. The van der Waals surface area contributed by atoms with Crippen molar-refractivity contribution in [2.75, 3.05) is 25.7 Å². The maximum Gasteiger partial charge on any atom is 0.264 e. The maximum absolute atomic E-state index is 12.9. The smallest absolute Gasteiger partial charge is 0.264 e. The van der Waals surface area contributed by atoms with E-state index in [-0.39, 0.29) is 12.2 Å². The van der Waals surface area contributed by atoms with E-state index in [4.69, 9.17) is 9.47 Å². The summed E-state index contributed by atoms with van der Waals surface area (Å²) in [6, 6.07) is 11.8. The fourth-order valence-electron chi connectivity index (χ4n) is 3.47. The summed E-state index contributed by atoms with van der Waals surface area (Å²) in [5.74, 6) is 0.115. The molecular formula is C21H23NO5. The van der Waals surface area contributed by atoms with Crippen molar-refractivity contribution in [2.45, 2.75) is 25.4 Å². The Bertz CT molecular complexity index is 879. The van der Waals surface area contributed by atoms with Crippen molar-refractivity contribution in [1.29, 1.82) is 0 Å². The van der Waals surface area contributed by atoms with Crippen LogP contribution in [-0.2, 0) is 10.4 Å². The predicted molar refractivity (Wildman–Crippen MR) is 101 cm³/mol. The summed E-state index contributed by atoms with van der Waals surface area (Å²) >= 11 is 0. The minimum Gasteiger partial charge on any atom is -0.493 e. The average Bonchev–Trinajstić information content (AvgIpc) is 2.89. The molecule has 1 aliphatic rings. The number of para-hydroxylation sites is 1. The van der Waals surface area contributed by atoms with Crippen molar-refractivity contribution < 1.29 is 24.2 Å². The number of methoxy groups -OCH3 is 2. The van der Waals surface area contributed by atoms with Crippen molar-refractivity contribution >= 4 is 17.4 Å². The lowest BCUT2D eigenvalue weighted by atomic mass is 9.88. The number of rotatable bonds is 7. The summed E-state index contributed by atoms with van der Waals surface area (Å²) in [5, 5.41) is 11.2. The highest BCUT2D eigenvalue weighted by Crippen LogP contribution is 2.43. The van der Waals surface area contributed by atoms with Gasteiger partial charge in [-0.1, -0.05) is 25.1 Å². The van der Waals surface area contributed by atoms with Gasteiger partial charge in [0.2, 0.25) is 0 Å². The highest BCUT2D eigenvalue weighted by atomic mass is 16.5. The Balaban J connectivity index is 1.94. The van der Waals surface area contributed by atoms with Crippen molar-refractivity contribution in [2.24, 2.45) is 0 Å². The van der Waals surface area contributed by atoms with Crippen LogP contribution in [0.2, 0.25) is 0 Å². The summed E-state index contributed by atoms with van der Waals surface area (Å²) in [7, 11) is 3.00. The molecule has 0 aromatic heterocycles. The Morgan fingerprint density at radius 1 is 1.11 bits per heavy atom. The lowest BCUT2D eigenvalue weighted by molar-refractivity contribution is -0.135. The number of fused-ring (bicyclic) bond motifs is 1. The number of ether oxygens (including phenoxy) is 2. The Morgan fingerprint density at radius 2 is 1.81 bits per heavy atom. The number of carbonyl (C=O) groups is 2. The number of carbonyl (C=O) groups excluding carboxylic acids is 2. The molecule has 2 aromatic rings. The Labute approximate surface area is 158 Å². The molecule has 3 rings (SSSR count). The number of aliphatic hydroxyl groups is 1. The molecule has 1 heterocycles. The molecule has 0 saturated heterocycles. The minimum absolute atomic E-state index is 0.335. The zero-order valence-electron chi connectivity index (χ0n) is 15.7. The molecule has 1 amide bonds. The second kappa shape index (κ2) is 7.40. The number of amides is 1. The van der Waals surface area contributed by atoms with Crippen molar-refractivity contribution in [1.82, 2.24) is 0 Å². The van der Waals surface area contributed by atoms with E-state index in [9.17, 15) is 14.7 Å². The van der Waals surface area contributed by atoms with Gasteiger partial charge in [0.05, 0.1) is 26.3 Å². The molecule has 0 bridgehead atoms. The van der Waals surface area contributed by atoms with Crippen LogP contribution in [0, 0.1) is 0 Å². The number of hydrogen-bond acceptors (Lipinski definition) is 5. The molecule has 0 radical (unpaired) electrons. The Morgan fingerprint density at radius 3 is 2.48 bits per heavy atom. The van der Waals surface area contributed by atoms with Crippen LogP contribution >= 0.6 is 0 Å². The molecule has 142 valence electrons. The summed E-state index contributed by atoms with van der Waals surface area (Å²) in [4.78, 5) is 27.4. The summed E-state index contributed by atoms with van der Waals surface area (Å²) in [5.41, 5.74) is -0.389. The maximum atomic E-state index is 12.9. The van der Waals surface area contributed by atoms with E-state index in [0.29, 0.717) is 34.9 Å². The van der Waals surface area contributed by atoms with Crippen LogP contribution in [0.3, 0.4) is 0 Å². The first-order valence-corrected chi connectivity index (χ1v) is 8.85. The van der Waals surface area contributed by atoms with Crippen LogP contribution in [0.15, 0.2) is 42.5 Å². The number of ketones is 1. The van der Waals surface area contributed by atoms with Gasteiger partial charge in [-0.15, -0.1) is 0 Å². The van der Waals surface area contributed by atoms with E-state index in [1.54, 1.807) is 41.3 Å². The van der Waals surface area contributed by atoms with Crippen molar-refractivity contribution in [3.8, 4) is 11.5 Å². The van der Waals surface area contributed by atoms with Crippen LogP contribution in [0.25, 0.3) is 0 Å². The quantitative estimate of drug-likeness (QED) is 0.760. The summed E-state index contributed by atoms with van der Waals surface area (Å²) in [6.45, 7) is 2.45. The van der Waals surface area contributed by atoms with Gasteiger partial charge in [-0.3, -0.25) is 9.59 Å². The highest BCUT2D eigenvalue weighted by molar-refractivity contribution is 6.10. The van der Waals surface area contributed by atoms with Crippen LogP contribution < -0.4 is 14.4 Å². The van der Waals surface area contributed by atoms with Crippen molar-refractivity contribution in [3.05, 3.63) is 53.6 Å². The van der Waals surface area contributed by atoms with Gasteiger partial charge in [-0.05, 0) is 30.7 Å². The first kappa shape index (κ1) is 18.9. The lowest BCUT2D eigenvalue weighted by Crippen LogP contribution is -2.42. The summed E-state index contributed by atoms with van der Waals surface area (Å²) < 4.78 is 10.4. The van der Waals surface area contributed by atoms with E-state index >= 15 is 0 Å². The third-order valence-electron chi connectivity index (χ3n) is 4.81. The standard InChI is InChI=1S/C21H23NO5/c1-4-11-22-16-8-6-5-7-15(16)21(25,20(22)24)13-17(23)14-9-10-18(26-2)19(12-14)27-3/h5-10,12,25H,4,11,13H2,1-3H3/t21-/m1/s1. The van der Waals surface area contributed by atoms with Crippen LogP contribution in [0.1, 0.15) is 35.7 Å². The zero-order chi connectivity index (χ0) is 19.6. The molecule has 1 atom stereocenters. The van der Waals surface area contributed by atoms with Crippen molar-refractivity contribution in [3.63, 3.8) is 0 Å². The molecule has 1 N–H and O–H groups in total. The number of benzene rings is 2. The molecular weight excluding hydrogens is 346 g/mol. The fourth-order valence-corrected chi connectivity index (χ4v) is 3.47. The SMILES string of the molecule is CCCN1C(=O)[C@@](O)(CC(=O)c2ccc(OC)c(OC)c2)c2ccccc21. The monoisotopic (exact) mass is 369 g/mol. The van der Waals surface area contributed by atoms with Gasteiger partial charge in [-0.2, -0.15) is 0 Å². The number of anilines is 1. The molecule has 0 spiro atoms. The first-order chi connectivity index (χ1) is 13.0.